The molecule has 116 valence electrons. The number of carbonyl (C=O) groups excluding carboxylic acids is 1. The van der Waals surface area contributed by atoms with E-state index in [0.29, 0.717) is 12.2 Å². The molecule has 1 aliphatic rings. The minimum Gasteiger partial charge on any atom is -0.367 e. The van der Waals surface area contributed by atoms with Gasteiger partial charge < -0.3 is 4.90 Å². The summed E-state index contributed by atoms with van der Waals surface area (Å²) >= 11 is 0. The zero-order valence-corrected chi connectivity index (χ0v) is 12.6. The first-order valence-electron chi connectivity index (χ1n) is 7.17. The van der Waals surface area contributed by atoms with Crippen molar-refractivity contribution in [3.05, 3.63) is 30.1 Å². The second kappa shape index (κ2) is 6.41. The van der Waals surface area contributed by atoms with E-state index < -0.39 is 5.41 Å². The first-order valence-corrected chi connectivity index (χ1v) is 7.17. The summed E-state index contributed by atoms with van der Waals surface area (Å²) in [4.78, 5) is 16.0. The normalized spacial score (nSPS) is 16.9. The van der Waals surface area contributed by atoms with E-state index in [1.54, 1.807) is 12.1 Å². The summed E-state index contributed by atoms with van der Waals surface area (Å²) in [5.41, 5.74) is 2.33. The Labute approximate surface area is 124 Å². The van der Waals surface area contributed by atoms with Crippen LogP contribution in [0, 0.1) is 11.2 Å². The Morgan fingerprint density at radius 2 is 1.90 bits per heavy atom. The number of anilines is 1. The van der Waals surface area contributed by atoms with Crippen LogP contribution in [0.15, 0.2) is 24.3 Å². The Bertz CT molecular complexity index is 498. The maximum absolute atomic E-state index is 13.8. The Balaban J connectivity index is 1.92. The average molecular weight is 294 g/mol. The van der Waals surface area contributed by atoms with Crippen LogP contribution in [0.2, 0.25) is 0 Å². The van der Waals surface area contributed by atoms with Gasteiger partial charge in [-0.1, -0.05) is 12.1 Å². The van der Waals surface area contributed by atoms with Crippen LogP contribution in [0.25, 0.3) is 0 Å². The highest BCUT2D eigenvalue weighted by Gasteiger charge is 2.31. The number of piperazine rings is 1. The number of benzene rings is 1. The van der Waals surface area contributed by atoms with Crippen LogP contribution in [0.5, 0.6) is 0 Å². The highest BCUT2D eigenvalue weighted by molar-refractivity contribution is 5.81. The number of halogens is 1. The van der Waals surface area contributed by atoms with Crippen molar-refractivity contribution in [3.63, 3.8) is 0 Å². The Kier molecular flexibility index (Phi) is 4.80. The maximum Gasteiger partial charge on any atom is 0.240 e. The first kappa shape index (κ1) is 15.7. The van der Waals surface area contributed by atoms with E-state index in [9.17, 15) is 9.18 Å². The molecule has 1 aromatic carbocycles. The van der Waals surface area contributed by atoms with E-state index in [4.69, 9.17) is 5.84 Å². The highest BCUT2D eigenvalue weighted by Crippen LogP contribution is 2.22. The standard InChI is InChI=1S/C15H23FN4O/c1-15(2,14(21)18-17)11-19-7-9-20(10-8-19)13-6-4-3-5-12(13)16/h3-6H,7-11,17H2,1-2H3,(H,18,21). The molecular formula is C15H23FN4O. The molecule has 1 saturated heterocycles. The third-order valence-corrected chi connectivity index (χ3v) is 3.93. The molecule has 0 unspecified atom stereocenters. The van der Waals surface area contributed by atoms with Crippen LogP contribution in [0.3, 0.4) is 0 Å². The van der Waals surface area contributed by atoms with E-state index in [1.807, 2.05) is 24.8 Å². The number of nitrogens with two attached hydrogens (primary N) is 1. The molecule has 0 bridgehead atoms. The zero-order chi connectivity index (χ0) is 15.5. The number of amides is 1. The number of hydrogen-bond acceptors (Lipinski definition) is 4. The van der Waals surface area contributed by atoms with Gasteiger partial charge in [0.15, 0.2) is 0 Å². The van der Waals surface area contributed by atoms with Crippen molar-refractivity contribution in [2.75, 3.05) is 37.6 Å². The summed E-state index contributed by atoms with van der Waals surface area (Å²) in [5, 5.41) is 0. The van der Waals surface area contributed by atoms with Crippen molar-refractivity contribution in [1.29, 1.82) is 0 Å². The fraction of sp³-hybridized carbons (Fsp3) is 0.533. The van der Waals surface area contributed by atoms with Gasteiger partial charge >= 0.3 is 0 Å². The van der Waals surface area contributed by atoms with E-state index in [2.05, 4.69) is 10.3 Å². The monoisotopic (exact) mass is 294 g/mol. The number of hydrazine groups is 1. The van der Waals surface area contributed by atoms with E-state index in [-0.39, 0.29) is 11.7 Å². The van der Waals surface area contributed by atoms with E-state index >= 15 is 0 Å². The third kappa shape index (κ3) is 3.71. The molecular weight excluding hydrogens is 271 g/mol. The Hall–Kier alpha value is -1.66. The predicted octanol–water partition coefficient (Wildman–Crippen LogP) is 0.964. The number of nitrogens with one attached hydrogen (secondary N) is 1. The lowest BCUT2D eigenvalue weighted by Gasteiger charge is -2.39. The van der Waals surface area contributed by atoms with Crippen molar-refractivity contribution in [1.82, 2.24) is 10.3 Å². The molecule has 3 N–H and O–H groups in total. The number of rotatable bonds is 4. The van der Waals surface area contributed by atoms with Gasteiger partial charge in [0.1, 0.15) is 5.82 Å². The van der Waals surface area contributed by atoms with Crippen molar-refractivity contribution in [2.45, 2.75) is 13.8 Å². The quantitative estimate of drug-likeness (QED) is 0.493. The van der Waals surface area contributed by atoms with Crippen molar-refractivity contribution in [2.24, 2.45) is 11.3 Å². The number of nitrogens with zero attached hydrogens (tertiary/aromatic N) is 2. The molecule has 1 fully saturated rings. The van der Waals surface area contributed by atoms with Crippen LogP contribution in [-0.4, -0.2) is 43.5 Å². The molecule has 21 heavy (non-hydrogen) atoms. The molecule has 0 aromatic heterocycles. The topological polar surface area (TPSA) is 61.6 Å². The molecule has 2 rings (SSSR count). The number of para-hydroxylation sites is 1. The fourth-order valence-corrected chi connectivity index (χ4v) is 2.68. The molecule has 1 heterocycles. The summed E-state index contributed by atoms with van der Waals surface area (Å²) in [5.74, 6) is 4.86. The van der Waals surface area contributed by atoms with Crippen LogP contribution < -0.4 is 16.2 Å². The molecule has 0 radical (unpaired) electrons. The Morgan fingerprint density at radius 1 is 1.29 bits per heavy atom. The zero-order valence-electron chi connectivity index (χ0n) is 12.6. The molecule has 0 spiro atoms. The minimum absolute atomic E-state index is 0.168. The van der Waals surface area contributed by atoms with E-state index in [0.717, 1.165) is 26.2 Å². The molecule has 0 saturated carbocycles. The highest BCUT2D eigenvalue weighted by atomic mass is 19.1. The van der Waals surface area contributed by atoms with Gasteiger partial charge in [-0.25, -0.2) is 10.2 Å². The lowest BCUT2D eigenvalue weighted by Crippen LogP contribution is -2.53. The minimum atomic E-state index is -0.533. The summed E-state index contributed by atoms with van der Waals surface area (Å²) in [6.07, 6.45) is 0. The molecule has 1 amide bonds. The SMILES string of the molecule is CC(C)(CN1CCN(c2ccccc2F)CC1)C(=O)NN. The second-order valence-corrected chi connectivity index (χ2v) is 6.07. The van der Waals surface area contributed by atoms with Gasteiger partial charge in [-0.2, -0.15) is 0 Å². The number of carbonyl (C=O) groups is 1. The Morgan fingerprint density at radius 3 is 2.48 bits per heavy atom. The smallest absolute Gasteiger partial charge is 0.240 e. The van der Waals surface area contributed by atoms with Crippen LogP contribution in [0.4, 0.5) is 10.1 Å². The lowest BCUT2D eigenvalue weighted by atomic mass is 9.91. The number of hydrogen-bond donors (Lipinski definition) is 2. The van der Waals surface area contributed by atoms with Gasteiger partial charge in [-0.05, 0) is 26.0 Å². The summed E-state index contributed by atoms with van der Waals surface area (Å²) in [6, 6.07) is 6.83. The van der Waals surface area contributed by atoms with Gasteiger partial charge in [0.25, 0.3) is 0 Å². The molecule has 1 aliphatic heterocycles. The molecule has 0 aliphatic carbocycles. The third-order valence-electron chi connectivity index (χ3n) is 3.93. The molecule has 1 aromatic rings. The first-order chi connectivity index (χ1) is 9.94. The van der Waals surface area contributed by atoms with Crippen molar-refractivity contribution < 1.29 is 9.18 Å². The van der Waals surface area contributed by atoms with E-state index in [1.165, 1.54) is 6.07 Å². The van der Waals surface area contributed by atoms with Gasteiger partial charge in [-0.3, -0.25) is 15.1 Å². The summed E-state index contributed by atoms with van der Waals surface area (Å²) < 4.78 is 13.8. The van der Waals surface area contributed by atoms with Gasteiger partial charge in [0.05, 0.1) is 11.1 Å². The maximum atomic E-state index is 13.8. The van der Waals surface area contributed by atoms with Gasteiger partial charge in [0, 0.05) is 32.7 Å². The molecule has 5 nitrogen and oxygen atoms in total. The van der Waals surface area contributed by atoms with Crippen LogP contribution >= 0.6 is 0 Å². The van der Waals surface area contributed by atoms with Crippen LogP contribution in [0.1, 0.15) is 13.8 Å². The predicted molar refractivity (Wildman–Crippen MR) is 81.2 cm³/mol. The summed E-state index contributed by atoms with van der Waals surface area (Å²) in [6.45, 7) is 7.49. The second-order valence-electron chi connectivity index (χ2n) is 6.07. The largest absolute Gasteiger partial charge is 0.367 e. The fourth-order valence-electron chi connectivity index (χ4n) is 2.68. The molecule has 6 heteroatoms. The van der Waals surface area contributed by atoms with Gasteiger partial charge in [-0.15, -0.1) is 0 Å². The van der Waals surface area contributed by atoms with Crippen molar-refractivity contribution in [3.8, 4) is 0 Å². The van der Waals surface area contributed by atoms with Crippen molar-refractivity contribution >= 4 is 11.6 Å². The lowest BCUT2D eigenvalue weighted by molar-refractivity contribution is -0.130. The van der Waals surface area contributed by atoms with Gasteiger partial charge in [0.2, 0.25) is 5.91 Å². The molecule has 0 atom stereocenters. The summed E-state index contributed by atoms with van der Waals surface area (Å²) in [7, 11) is 0. The average Bonchev–Trinajstić information content (AvgIpc) is 2.47. The van der Waals surface area contributed by atoms with Crippen LogP contribution in [-0.2, 0) is 4.79 Å².